The Balaban J connectivity index is 3.66. The van der Waals surface area contributed by atoms with E-state index in [-0.39, 0.29) is 10.5 Å². The Morgan fingerprint density at radius 2 is 2.18 bits per heavy atom. The Kier molecular flexibility index (Phi) is 1.87. The highest BCUT2D eigenvalue weighted by molar-refractivity contribution is 7.71. The second-order valence-corrected chi connectivity index (χ2v) is 2.40. The van der Waals surface area contributed by atoms with Gasteiger partial charge in [-0.3, -0.25) is 4.79 Å². The van der Waals surface area contributed by atoms with Gasteiger partial charge in [-0.25, -0.2) is 4.85 Å². The van der Waals surface area contributed by atoms with Gasteiger partial charge in [0.1, 0.15) is 0 Å². The fourth-order valence-corrected chi connectivity index (χ4v) is 0.974. The second kappa shape index (κ2) is 2.68. The molecule has 4 nitrogen and oxygen atoms in total. The summed E-state index contributed by atoms with van der Waals surface area (Å²) in [6.45, 7) is 8.28. The van der Waals surface area contributed by atoms with Crippen molar-refractivity contribution >= 4 is 17.9 Å². The van der Waals surface area contributed by atoms with Crippen LogP contribution in [0.3, 0.4) is 0 Å². The number of H-pyrrole nitrogens is 2. The maximum atomic E-state index is 10.9. The van der Waals surface area contributed by atoms with Crippen LogP contribution in [0.15, 0.2) is 4.79 Å². The van der Waals surface area contributed by atoms with E-state index in [1.165, 1.54) is 0 Å². The molecule has 0 aliphatic rings. The number of nitrogens with zero attached hydrogens (tertiary/aromatic N) is 1. The first-order chi connectivity index (χ1) is 5.15. The fraction of sp³-hybridized carbons (Fsp3) is 0.167. The van der Waals surface area contributed by atoms with Gasteiger partial charge in [0.2, 0.25) is 0 Å². The second-order valence-electron chi connectivity index (χ2n) is 1.99. The monoisotopic (exact) mass is 167 g/mol. The molecular weight excluding hydrogens is 162 g/mol. The molecule has 11 heavy (non-hydrogen) atoms. The molecule has 0 saturated carbocycles. The maximum absolute atomic E-state index is 10.9. The van der Waals surface area contributed by atoms with Crippen LogP contribution in [0, 0.1) is 18.3 Å². The summed E-state index contributed by atoms with van der Waals surface area (Å²) >= 11 is 4.68. The molecule has 0 atom stereocenters. The summed E-state index contributed by atoms with van der Waals surface area (Å²) in [6, 6.07) is 0. The van der Waals surface area contributed by atoms with Crippen LogP contribution in [0.4, 0.5) is 5.69 Å². The Morgan fingerprint density at radius 1 is 1.55 bits per heavy atom. The fourth-order valence-electron chi connectivity index (χ4n) is 0.728. The van der Waals surface area contributed by atoms with E-state index in [1.54, 1.807) is 6.92 Å². The summed E-state index contributed by atoms with van der Waals surface area (Å²) in [7, 11) is 0. The molecule has 1 aromatic heterocycles. The summed E-state index contributed by atoms with van der Waals surface area (Å²) in [4.78, 5) is 19.0. The van der Waals surface area contributed by atoms with Crippen molar-refractivity contribution in [3.05, 3.63) is 32.2 Å². The molecule has 56 valence electrons. The molecule has 0 saturated heterocycles. The first-order valence-electron chi connectivity index (χ1n) is 2.86. The lowest BCUT2D eigenvalue weighted by atomic mass is 10.4. The quantitative estimate of drug-likeness (QED) is 0.452. The van der Waals surface area contributed by atoms with E-state index >= 15 is 0 Å². The van der Waals surface area contributed by atoms with Crippen molar-refractivity contribution in [1.82, 2.24) is 9.97 Å². The van der Waals surface area contributed by atoms with Crippen molar-refractivity contribution in [2.75, 3.05) is 0 Å². The van der Waals surface area contributed by atoms with E-state index in [2.05, 4.69) is 27.0 Å². The Labute approximate surface area is 67.7 Å². The largest absolute Gasteiger partial charge is 0.346 e. The van der Waals surface area contributed by atoms with Gasteiger partial charge in [-0.05, 0) is 19.1 Å². The highest BCUT2D eigenvalue weighted by Crippen LogP contribution is 2.06. The lowest BCUT2D eigenvalue weighted by Crippen LogP contribution is -2.07. The topological polar surface area (TPSA) is 53.0 Å². The molecular formula is C6H5N3OS. The van der Waals surface area contributed by atoms with Crippen molar-refractivity contribution in [3.8, 4) is 0 Å². The summed E-state index contributed by atoms with van der Waals surface area (Å²) in [6.07, 6.45) is 0. The van der Waals surface area contributed by atoms with Gasteiger partial charge < -0.3 is 9.97 Å². The highest BCUT2D eigenvalue weighted by Gasteiger charge is 2.01. The molecule has 0 aliphatic heterocycles. The van der Waals surface area contributed by atoms with Crippen LogP contribution >= 0.6 is 12.2 Å². The zero-order valence-corrected chi connectivity index (χ0v) is 6.58. The van der Waals surface area contributed by atoms with Crippen LogP contribution in [0.2, 0.25) is 0 Å². The minimum atomic E-state index is -0.429. The molecule has 0 unspecified atom stereocenters. The third-order valence-electron chi connectivity index (χ3n) is 1.21. The number of hydrogen-bond acceptors (Lipinski definition) is 2. The molecule has 1 heterocycles. The Bertz CT molecular complexity index is 423. The normalized spacial score (nSPS) is 9.09. The number of rotatable bonds is 0. The first kappa shape index (κ1) is 7.69. The number of hydrogen-bond donors (Lipinski definition) is 2. The molecule has 0 bridgehead atoms. The minimum Gasteiger partial charge on any atom is -0.346 e. The van der Waals surface area contributed by atoms with E-state index < -0.39 is 5.56 Å². The van der Waals surface area contributed by atoms with Crippen LogP contribution in [-0.4, -0.2) is 9.97 Å². The Morgan fingerprint density at radius 3 is 2.64 bits per heavy atom. The number of nitrogens with one attached hydrogen (secondary N) is 2. The zero-order chi connectivity index (χ0) is 8.43. The molecule has 0 fully saturated rings. The van der Waals surface area contributed by atoms with Crippen molar-refractivity contribution in [2.24, 2.45) is 0 Å². The standard InChI is InChI=1S/C6H5N3OS/c1-3-4(7-2)5(10)9-6(11)8-3/h1H3,(H2,8,9,10,11). The van der Waals surface area contributed by atoms with Gasteiger partial charge in [0.05, 0.1) is 6.57 Å². The van der Waals surface area contributed by atoms with Crippen molar-refractivity contribution in [3.63, 3.8) is 0 Å². The lowest BCUT2D eigenvalue weighted by molar-refractivity contribution is 1.05. The van der Waals surface area contributed by atoms with Crippen molar-refractivity contribution < 1.29 is 0 Å². The highest BCUT2D eigenvalue weighted by atomic mass is 32.1. The van der Waals surface area contributed by atoms with Gasteiger partial charge in [0.25, 0.3) is 11.2 Å². The Hall–Kier alpha value is -1.41. The van der Waals surface area contributed by atoms with Crippen molar-refractivity contribution in [1.29, 1.82) is 0 Å². The minimum absolute atomic E-state index is 0.0681. The zero-order valence-electron chi connectivity index (χ0n) is 5.76. The lowest BCUT2D eigenvalue weighted by Gasteiger charge is -1.93. The molecule has 2 N–H and O–H groups in total. The van der Waals surface area contributed by atoms with Gasteiger partial charge in [0, 0.05) is 5.69 Å². The first-order valence-corrected chi connectivity index (χ1v) is 3.26. The van der Waals surface area contributed by atoms with Crippen molar-refractivity contribution in [2.45, 2.75) is 6.92 Å². The van der Waals surface area contributed by atoms with E-state index in [9.17, 15) is 4.79 Å². The number of aryl methyl sites for hydroxylation is 1. The van der Waals surface area contributed by atoms with Gasteiger partial charge >= 0.3 is 0 Å². The van der Waals surface area contributed by atoms with Crippen LogP contribution < -0.4 is 5.56 Å². The van der Waals surface area contributed by atoms with E-state index in [4.69, 9.17) is 6.57 Å². The molecule has 5 heteroatoms. The molecule has 1 rings (SSSR count). The third-order valence-corrected chi connectivity index (χ3v) is 1.41. The van der Waals surface area contributed by atoms with Gasteiger partial charge in [0.15, 0.2) is 4.77 Å². The number of aromatic nitrogens is 2. The molecule has 1 aromatic rings. The number of aromatic amines is 2. The van der Waals surface area contributed by atoms with E-state index in [0.29, 0.717) is 5.69 Å². The van der Waals surface area contributed by atoms with Gasteiger partial charge in [-0.2, -0.15) is 0 Å². The van der Waals surface area contributed by atoms with E-state index in [1.807, 2.05) is 0 Å². The van der Waals surface area contributed by atoms with Crippen LogP contribution in [0.1, 0.15) is 5.69 Å². The molecule has 0 amide bonds. The molecule has 0 aliphatic carbocycles. The predicted octanol–water partition coefficient (Wildman–Crippen LogP) is 1.29. The van der Waals surface area contributed by atoms with Gasteiger partial charge in [-0.15, -0.1) is 0 Å². The van der Waals surface area contributed by atoms with E-state index in [0.717, 1.165) is 0 Å². The maximum Gasteiger partial charge on any atom is 0.268 e. The average molecular weight is 167 g/mol. The summed E-state index contributed by atoms with van der Waals surface area (Å²) in [5.41, 5.74) is 0.147. The summed E-state index contributed by atoms with van der Waals surface area (Å²) in [5, 5.41) is 0. The van der Waals surface area contributed by atoms with Crippen LogP contribution in [0.25, 0.3) is 4.85 Å². The van der Waals surface area contributed by atoms with Crippen LogP contribution in [0.5, 0.6) is 0 Å². The SMILES string of the molecule is [C-]#[N+]c1c(C)[nH]c(=S)[nH]c1=O. The van der Waals surface area contributed by atoms with Gasteiger partial charge in [-0.1, -0.05) is 0 Å². The summed E-state index contributed by atoms with van der Waals surface area (Å²) < 4.78 is 0.250. The average Bonchev–Trinajstić information content (AvgIpc) is 1.85. The molecule has 0 aromatic carbocycles. The summed E-state index contributed by atoms with van der Waals surface area (Å²) in [5.74, 6) is 0. The molecule has 0 spiro atoms. The smallest absolute Gasteiger partial charge is 0.268 e. The third kappa shape index (κ3) is 1.36. The predicted molar refractivity (Wildman–Crippen MR) is 43.2 cm³/mol. The molecule has 0 radical (unpaired) electrons. The van der Waals surface area contributed by atoms with Crippen LogP contribution in [-0.2, 0) is 0 Å².